The number of aryl methyl sites for hydroxylation is 2. The average Bonchev–Trinajstić information content (AvgIpc) is 3.17. The summed E-state index contributed by atoms with van der Waals surface area (Å²) < 4.78 is 6.23. The van der Waals surface area contributed by atoms with Crippen LogP contribution in [0, 0.1) is 18.8 Å². The predicted octanol–water partition coefficient (Wildman–Crippen LogP) is 5.09. The Labute approximate surface area is 204 Å². The quantitative estimate of drug-likeness (QED) is 0.199. The smallest absolute Gasteiger partial charge is 0.306 e. The van der Waals surface area contributed by atoms with E-state index in [9.17, 15) is 20.1 Å². The zero-order valence-electron chi connectivity index (χ0n) is 19.2. The van der Waals surface area contributed by atoms with Gasteiger partial charge in [0.2, 0.25) is 0 Å². The van der Waals surface area contributed by atoms with Gasteiger partial charge in [0.05, 0.1) is 24.4 Å². The van der Waals surface area contributed by atoms with E-state index in [1.165, 1.54) is 9.75 Å². The first-order chi connectivity index (χ1) is 15.2. The number of allylic oxidation sites excluding steroid dienone is 2. The first kappa shape index (κ1) is 27.3. The number of ether oxygens (including phenoxy) is 1. The monoisotopic (exact) mass is 528 g/mol. The highest BCUT2D eigenvalue weighted by Gasteiger charge is 2.39. The highest BCUT2D eigenvalue weighted by molar-refractivity contribution is 9.10. The standard InChI is InChI=1S/C25H37BrO5S/c1-16(2)31-25(30)9-7-5-4-6-8-20-21(24(29)15-23(20)28)13-11-18(27)10-12-19-14-22(26)17(3)32-19/h4,6,11,13-14,16,18,20-21,23-24,27-29H,5,7-10,12,15H2,1-3H3/b6-4+,13-11+/t18-,20+,21+,23-,24+/m0/s1. The summed E-state index contributed by atoms with van der Waals surface area (Å²) in [5, 5.41) is 31.1. The molecule has 0 spiro atoms. The van der Waals surface area contributed by atoms with Crippen molar-refractivity contribution in [3.05, 3.63) is 44.6 Å². The van der Waals surface area contributed by atoms with E-state index in [1.807, 2.05) is 32.1 Å². The number of halogens is 1. The molecule has 5 nitrogen and oxygen atoms in total. The van der Waals surface area contributed by atoms with Gasteiger partial charge in [-0.2, -0.15) is 0 Å². The average molecular weight is 530 g/mol. The molecule has 0 saturated heterocycles. The third-order valence-electron chi connectivity index (χ3n) is 5.76. The van der Waals surface area contributed by atoms with Crippen LogP contribution in [-0.2, 0) is 16.0 Å². The molecule has 32 heavy (non-hydrogen) atoms. The molecule has 7 heteroatoms. The number of thiophene rings is 1. The third-order valence-corrected chi connectivity index (χ3v) is 7.96. The normalized spacial score (nSPS) is 24.8. The van der Waals surface area contributed by atoms with Crippen molar-refractivity contribution >= 4 is 33.2 Å². The van der Waals surface area contributed by atoms with Gasteiger partial charge in [-0.1, -0.05) is 24.3 Å². The fourth-order valence-electron chi connectivity index (χ4n) is 4.05. The van der Waals surface area contributed by atoms with Crippen molar-refractivity contribution in [3.63, 3.8) is 0 Å². The van der Waals surface area contributed by atoms with Crippen LogP contribution in [0.15, 0.2) is 34.8 Å². The van der Waals surface area contributed by atoms with Gasteiger partial charge in [0.1, 0.15) is 0 Å². The second kappa shape index (κ2) is 13.7. The van der Waals surface area contributed by atoms with Gasteiger partial charge in [-0.25, -0.2) is 0 Å². The summed E-state index contributed by atoms with van der Waals surface area (Å²) in [4.78, 5) is 14.0. The molecule has 0 aliphatic heterocycles. The van der Waals surface area contributed by atoms with Crippen LogP contribution in [0.2, 0.25) is 0 Å². The highest BCUT2D eigenvalue weighted by Crippen LogP contribution is 2.36. The van der Waals surface area contributed by atoms with E-state index in [0.717, 1.165) is 23.7 Å². The van der Waals surface area contributed by atoms with Crippen molar-refractivity contribution in [1.82, 2.24) is 0 Å². The van der Waals surface area contributed by atoms with E-state index in [-0.39, 0.29) is 23.9 Å². The maximum absolute atomic E-state index is 11.6. The zero-order valence-corrected chi connectivity index (χ0v) is 21.6. The molecule has 1 aliphatic rings. The second-order valence-electron chi connectivity index (χ2n) is 8.86. The fraction of sp³-hybridized carbons (Fsp3) is 0.640. The molecule has 5 atom stereocenters. The number of carbonyl (C=O) groups is 1. The van der Waals surface area contributed by atoms with Crippen LogP contribution in [0.25, 0.3) is 0 Å². The van der Waals surface area contributed by atoms with Crippen molar-refractivity contribution in [2.24, 2.45) is 11.8 Å². The molecule has 0 amide bonds. The molecule has 0 unspecified atom stereocenters. The third kappa shape index (κ3) is 9.10. The number of carbonyl (C=O) groups excluding carboxylic acids is 1. The molecule has 1 aromatic heterocycles. The predicted molar refractivity (Wildman–Crippen MR) is 133 cm³/mol. The number of hydrogen-bond donors (Lipinski definition) is 3. The van der Waals surface area contributed by atoms with E-state index < -0.39 is 18.3 Å². The Bertz CT molecular complexity index is 753. The lowest BCUT2D eigenvalue weighted by molar-refractivity contribution is -0.147. The van der Waals surface area contributed by atoms with E-state index in [0.29, 0.717) is 25.7 Å². The van der Waals surface area contributed by atoms with E-state index in [4.69, 9.17) is 4.74 Å². The molecule has 0 aromatic carbocycles. The molecule has 1 fully saturated rings. The van der Waals surface area contributed by atoms with Crippen LogP contribution in [0.1, 0.15) is 62.1 Å². The molecular formula is C25H37BrO5S. The van der Waals surface area contributed by atoms with Crippen molar-refractivity contribution in [3.8, 4) is 0 Å². The summed E-state index contributed by atoms with van der Waals surface area (Å²) in [6.45, 7) is 5.75. The van der Waals surface area contributed by atoms with E-state index in [1.54, 1.807) is 17.4 Å². The van der Waals surface area contributed by atoms with Gasteiger partial charge in [0, 0.05) is 33.0 Å². The van der Waals surface area contributed by atoms with Crippen LogP contribution in [0.3, 0.4) is 0 Å². The molecule has 180 valence electrons. The molecule has 0 radical (unpaired) electrons. The van der Waals surface area contributed by atoms with Crippen LogP contribution >= 0.6 is 27.3 Å². The summed E-state index contributed by atoms with van der Waals surface area (Å²) >= 11 is 5.25. The minimum atomic E-state index is -0.603. The molecule has 1 saturated carbocycles. The first-order valence-electron chi connectivity index (χ1n) is 11.5. The molecule has 1 heterocycles. The van der Waals surface area contributed by atoms with Crippen LogP contribution in [0.5, 0.6) is 0 Å². The van der Waals surface area contributed by atoms with Crippen LogP contribution in [0.4, 0.5) is 0 Å². The Kier molecular flexibility index (Phi) is 11.6. The topological polar surface area (TPSA) is 87.0 Å². The number of rotatable bonds is 12. The fourth-order valence-corrected chi connectivity index (χ4v) is 5.66. The lowest BCUT2D eigenvalue weighted by Gasteiger charge is -2.19. The molecule has 1 aromatic rings. The van der Waals surface area contributed by atoms with Crippen molar-refractivity contribution in [2.45, 2.75) is 90.1 Å². The van der Waals surface area contributed by atoms with Crippen LogP contribution < -0.4 is 0 Å². The van der Waals surface area contributed by atoms with Crippen LogP contribution in [-0.4, -0.2) is 45.7 Å². The van der Waals surface area contributed by atoms with Crippen molar-refractivity contribution in [1.29, 1.82) is 0 Å². The maximum Gasteiger partial charge on any atom is 0.306 e. The lowest BCUT2D eigenvalue weighted by Crippen LogP contribution is -2.20. The Morgan fingerprint density at radius 2 is 2.06 bits per heavy atom. The Balaban J connectivity index is 1.78. The summed E-state index contributed by atoms with van der Waals surface area (Å²) in [5.41, 5.74) is 0. The summed E-state index contributed by atoms with van der Waals surface area (Å²) in [6, 6.07) is 2.10. The number of esters is 1. The number of unbranched alkanes of at least 4 members (excludes halogenated alkanes) is 1. The first-order valence-corrected chi connectivity index (χ1v) is 13.1. The number of hydrogen-bond acceptors (Lipinski definition) is 6. The second-order valence-corrected chi connectivity index (χ2v) is 11.1. The number of aliphatic hydroxyl groups is 3. The lowest BCUT2D eigenvalue weighted by atomic mass is 9.89. The summed E-state index contributed by atoms with van der Waals surface area (Å²) in [6.07, 6.45) is 10.2. The van der Waals surface area contributed by atoms with E-state index >= 15 is 0 Å². The van der Waals surface area contributed by atoms with Crippen molar-refractivity contribution in [2.75, 3.05) is 0 Å². The van der Waals surface area contributed by atoms with Gasteiger partial charge in [-0.3, -0.25) is 4.79 Å². The van der Waals surface area contributed by atoms with E-state index in [2.05, 4.69) is 28.9 Å². The number of aliphatic hydroxyl groups excluding tert-OH is 3. The Morgan fingerprint density at radius 3 is 2.72 bits per heavy atom. The minimum Gasteiger partial charge on any atom is -0.463 e. The summed E-state index contributed by atoms with van der Waals surface area (Å²) in [7, 11) is 0. The minimum absolute atomic E-state index is 0.0773. The van der Waals surface area contributed by atoms with Gasteiger partial charge in [-0.15, -0.1) is 11.3 Å². The van der Waals surface area contributed by atoms with Crippen molar-refractivity contribution < 1.29 is 24.9 Å². The largest absolute Gasteiger partial charge is 0.463 e. The Hall–Kier alpha value is -0.990. The Morgan fingerprint density at radius 1 is 1.31 bits per heavy atom. The zero-order chi connectivity index (χ0) is 23.7. The molecule has 3 N–H and O–H groups in total. The molecule has 2 rings (SSSR count). The summed E-state index contributed by atoms with van der Waals surface area (Å²) in [5.74, 6) is -0.428. The van der Waals surface area contributed by atoms with Gasteiger partial charge in [0.15, 0.2) is 0 Å². The SMILES string of the molecule is Cc1sc(CC[C@H](O)/C=C/[C@@H]2[C@@H](C/C=C/CCCC(=O)OC(C)C)[C@@H](O)C[C@H]2O)cc1Br. The van der Waals surface area contributed by atoms with Gasteiger partial charge in [0.25, 0.3) is 0 Å². The van der Waals surface area contributed by atoms with Gasteiger partial charge >= 0.3 is 5.97 Å². The molecule has 0 bridgehead atoms. The van der Waals surface area contributed by atoms with Gasteiger partial charge in [-0.05, 0) is 80.8 Å². The molecule has 1 aliphatic carbocycles. The van der Waals surface area contributed by atoms with Gasteiger partial charge < -0.3 is 20.1 Å². The molecular weight excluding hydrogens is 492 g/mol. The highest BCUT2D eigenvalue weighted by atomic mass is 79.9. The maximum atomic E-state index is 11.6.